The van der Waals surface area contributed by atoms with Gasteiger partial charge in [0.15, 0.2) is 5.58 Å². The van der Waals surface area contributed by atoms with Gasteiger partial charge in [-0.1, -0.05) is 6.07 Å². The van der Waals surface area contributed by atoms with Crippen LogP contribution in [0.15, 0.2) is 22.6 Å². The summed E-state index contributed by atoms with van der Waals surface area (Å²) in [4.78, 5) is 6.59. The first kappa shape index (κ1) is 12.4. The molecule has 1 aromatic carbocycles. The number of hydrogen-bond acceptors (Lipinski definition) is 5. The van der Waals surface area contributed by atoms with Crippen molar-refractivity contribution < 1.29 is 14.3 Å². The smallest absolute Gasteiger partial charge is 0.298 e. The fourth-order valence-electron chi connectivity index (χ4n) is 2.34. The van der Waals surface area contributed by atoms with Crippen LogP contribution in [-0.2, 0) is 4.74 Å². The molecule has 2 atom stereocenters. The molecule has 19 heavy (non-hydrogen) atoms. The Morgan fingerprint density at radius 1 is 1.47 bits per heavy atom. The highest BCUT2D eigenvalue weighted by molar-refractivity contribution is 5.75. The molecule has 5 heteroatoms. The molecule has 3 rings (SSSR count). The highest BCUT2D eigenvalue weighted by Crippen LogP contribution is 2.26. The molecule has 2 heterocycles. The van der Waals surface area contributed by atoms with Crippen LogP contribution in [0.2, 0.25) is 0 Å². The van der Waals surface area contributed by atoms with E-state index in [0.29, 0.717) is 19.2 Å². The monoisotopic (exact) mass is 262 g/mol. The zero-order valence-corrected chi connectivity index (χ0v) is 11.2. The third kappa shape index (κ3) is 2.31. The van der Waals surface area contributed by atoms with Gasteiger partial charge in [0.1, 0.15) is 5.52 Å². The summed E-state index contributed by atoms with van der Waals surface area (Å²) < 4.78 is 11.3. The van der Waals surface area contributed by atoms with Gasteiger partial charge in [-0.15, -0.1) is 0 Å². The van der Waals surface area contributed by atoms with Crippen LogP contribution in [0, 0.1) is 6.92 Å². The third-order valence-corrected chi connectivity index (χ3v) is 3.49. The summed E-state index contributed by atoms with van der Waals surface area (Å²) in [6.07, 6.45) is -0.173. The largest absolute Gasteiger partial charge is 0.423 e. The van der Waals surface area contributed by atoms with Gasteiger partial charge in [0.25, 0.3) is 6.01 Å². The summed E-state index contributed by atoms with van der Waals surface area (Å²) in [6, 6.07) is 6.76. The average Bonchev–Trinajstić information content (AvgIpc) is 2.82. The van der Waals surface area contributed by atoms with E-state index < -0.39 is 0 Å². The molecular formula is C14H18N2O3. The van der Waals surface area contributed by atoms with E-state index in [1.54, 1.807) is 0 Å². The highest BCUT2D eigenvalue weighted by atomic mass is 16.5. The van der Waals surface area contributed by atoms with Gasteiger partial charge in [-0.3, -0.25) is 0 Å². The number of ether oxygens (including phenoxy) is 1. The van der Waals surface area contributed by atoms with Crippen molar-refractivity contribution in [3.05, 3.63) is 23.8 Å². The van der Waals surface area contributed by atoms with E-state index in [9.17, 15) is 5.11 Å². The van der Waals surface area contributed by atoms with Crippen LogP contribution in [0.5, 0.6) is 0 Å². The van der Waals surface area contributed by atoms with E-state index >= 15 is 0 Å². The normalized spacial score (nSPS) is 24.1. The summed E-state index contributed by atoms with van der Waals surface area (Å²) in [5, 5.41) is 9.22. The Bertz CT molecular complexity index is 581. The van der Waals surface area contributed by atoms with Crippen LogP contribution in [0.25, 0.3) is 11.1 Å². The molecule has 102 valence electrons. The molecule has 1 aliphatic heterocycles. The second-order valence-corrected chi connectivity index (χ2v) is 5.11. The molecule has 0 amide bonds. The van der Waals surface area contributed by atoms with Crippen LogP contribution < -0.4 is 4.90 Å². The molecule has 0 spiro atoms. The van der Waals surface area contributed by atoms with E-state index in [2.05, 4.69) is 16.8 Å². The van der Waals surface area contributed by atoms with Crippen LogP contribution in [0.4, 0.5) is 6.01 Å². The first-order chi connectivity index (χ1) is 9.17. The van der Waals surface area contributed by atoms with Crippen molar-refractivity contribution in [1.82, 2.24) is 4.98 Å². The fraction of sp³-hybridized carbons (Fsp3) is 0.500. The number of fused-ring (bicyclic) bond motifs is 1. The Morgan fingerprint density at radius 2 is 2.32 bits per heavy atom. The molecular weight excluding hydrogens is 244 g/mol. The topological polar surface area (TPSA) is 58.7 Å². The molecule has 5 nitrogen and oxygen atoms in total. The van der Waals surface area contributed by atoms with E-state index in [1.165, 1.54) is 0 Å². The first-order valence-corrected chi connectivity index (χ1v) is 6.53. The van der Waals surface area contributed by atoms with Crippen molar-refractivity contribution in [3.8, 4) is 0 Å². The number of aromatic nitrogens is 1. The Balaban J connectivity index is 1.93. The summed E-state index contributed by atoms with van der Waals surface area (Å²) in [6.45, 7) is 5.29. The predicted octanol–water partition coefficient (Wildman–Crippen LogP) is 1.72. The molecule has 1 aromatic heterocycles. The van der Waals surface area contributed by atoms with E-state index in [-0.39, 0.29) is 18.8 Å². The minimum absolute atomic E-state index is 0.0164. The summed E-state index contributed by atoms with van der Waals surface area (Å²) in [5.41, 5.74) is 2.82. The van der Waals surface area contributed by atoms with E-state index in [4.69, 9.17) is 9.15 Å². The van der Waals surface area contributed by atoms with Crippen molar-refractivity contribution in [2.24, 2.45) is 0 Å². The van der Waals surface area contributed by atoms with Crippen LogP contribution in [0.3, 0.4) is 0 Å². The minimum Gasteiger partial charge on any atom is -0.423 e. The van der Waals surface area contributed by atoms with Gasteiger partial charge < -0.3 is 19.2 Å². The van der Waals surface area contributed by atoms with Crippen molar-refractivity contribution in [2.75, 3.05) is 24.7 Å². The lowest BCUT2D eigenvalue weighted by atomic mass is 10.2. The molecule has 1 saturated heterocycles. The summed E-state index contributed by atoms with van der Waals surface area (Å²) >= 11 is 0. The Labute approximate surface area is 111 Å². The zero-order chi connectivity index (χ0) is 13.4. The Kier molecular flexibility index (Phi) is 3.16. The summed E-state index contributed by atoms with van der Waals surface area (Å²) in [5.74, 6) is 0. The standard InChI is InChI=1S/C14H18N2O3/c1-9-3-4-13-12(5-9)15-14(19-13)16-6-11(7-17)18-8-10(16)2/h3-5,10-11,17H,6-8H2,1-2H3/t10-,11-/m0/s1. The van der Waals surface area contributed by atoms with Crippen molar-refractivity contribution >= 4 is 17.1 Å². The second kappa shape index (κ2) is 4.83. The molecule has 0 aliphatic carbocycles. The maximum atomic E-state index is 9.22. The van der Waals surface area contributed by atoms with Crippen molar-refractivity contribution in [1.29, 1.82) is 0 Å². The number of anilines is 1. The number of hydrogen-bond donors (Lipinski definition) is 1. The van der Waals surface area contributed by atoms with Gasteiger partial charge in [0, 0.05) is 0 Å². The number of aryl methyl sites for hydroxylation is 1. The van der Waals surface area contributed by atoms with Gasteiger partial charge in [0.05, 0.1) is 31.9 Å². The number of oxazole rings is 1. The quantitative estimate of drug-likeness (QED) is 0.893. The highest BCUT2D eigenvalue weighted by Gasteiger charge is 2.28. The number of morpholine rings is 1. The molecule has 2 aromatic rings. The van der Waals surface area contributed by atoms with E-state index in [1.807, 2.05) is 25.1 Å². The SMILES string of the molecule is Cc1ccc2oc(N3C[C@@H](CO)OC[C@@H]3C)nc2c1. The molecule has 0 bridgehead atoms. The molecule has 0 saturated carbocycles. The number of rotatable bonds is 2. The Hall–Kier alpha value is -1.59. The molecule has 1 aliphatic rings. The van der Waals surface area contributed by atoms with Crippen LogP contribution in [-0.4, -0.2) is 42.0 Å². The molecule has 1 N–H and O–H groups in total. The van der Waals surface area contributed by atoms with Gasteiger partial charge in [-0.25, -0.2) is 0 Å². The predicted molar refractivity (Wildman–Crippen MR) is 72.4 cm³/mol. The second-order valence-electron chi connectivity index (χ2n) is 5.11. The lowest BCUT2D eigenvalue weighted by molar-refractivity contribution is -0.0117. The van der Waals surface area contributed by atoms with Gasteiger partial charge in [-0.05, 0) is 31.5 Å². The van der Waals surface area contributed by atoms with Gasteiger partial charge >= 0.3 is 0 Å². The maximum Gasteiger partial charge on any atom is 0.298 e. The van der Waals surface area contributed by atoms with Crippen LogP contribution in [0.1, 0.15) is 12.5 Å². The number of aliphatic hydroxyl groups excluding tert-OH is 1. The van der Waals surface area contributed by atoms with Crippen molar-refractivity contribution in [3.63, 3.8) is 0 Å². The third-order valence-electron chi connectivity index (χ3n) is 3.49. The lowest BCUT2D eigenvalue weighted by Gasteiger charge is -2.36. The van der Waals surface area contributed by atoms with Gasteiger partial charge in [0.2, 0.25) is 0 Å². The number of nitrogens with zero attached hydrogens (tertiary/aromatic N) is 2. The fourth-order valence-corrected chi connectivity index (χ4v) is 2.34. The van der Waals surface area contributed by atoms with Crippen LogP contribution >= 0.6 is 0 Å². The Morgan fingerprint density at radius 3 is 3.11 bits per heavy atom. The maximum absolute atomic E-state index is 9.22. The number of aliphatic hydroxyl groups is 1. The molecule has 0 unspecified atom stereocenters. The lowest BCUT2D eigenvalue weighted by Crippen LogP contribution is -2.49. The first-order valence-electron chi connectivity index (χ1n) is 6.53. The van der Waals surface area contributed by atoms with E-state index in [0.717, 1.165) is 16.7 Å². The average molecular weight is 262 g/mol. The molecule has 1 fully saturated rings. The van der Waals surface area contributed by atoms with Gasteiger partial charge in [-0.2, -0.15) is 4.98 Å². The zero-order valence-electron chi connectivity index (χ0n) is 11.2. The number of benzene rings is 1. The van der Waals surface area contributed by atoms with Crippen molar-refractivity contribution in [2.45, 2.75) is 26.0 Å². The summed E-state index contributed by atoms with van der Waals surface area (Å²) in [7, 11) is 0. The minimum atomic E-state index is -0.173. The molecule has 0 radical (unpaired) electrons.